The summed E-state index contributed by atoms with van der Waals surface area (Å²) < 4.78 is 3.04. The summed E-state index contributed by atoms with van der Waals surface area (Å²) in [5.74, 6) is 0.977. The molecule has 0 aromatic carbocycles. The first-order chi connectivity index (χ1) is 7.22. The number of rotatable bonds is 3. The lowest BCUT2D eigenvalue weighted by molar-refractivity contribution is 0.753. The minimum Gasteiger partial charge on any atom is -0.319 e. The molecule has 80 valence electrons. The Kier molecular flexibility index (Phi) is 3.29. The maximum absolute atomic E-state index is 6.04. The largest absolute Gasteiger partial charge is 0.319 e. The predicted octanol–water partition coefficient (Wildman–Crippen LogP) is 2.51. The van der Waals surface area contributed by atoms with Crippen LogP contribution in [0.3, 0.4) is 0 Å². The summed E-state index contributed by atoms with van der Waals surface area (Å²) in [7, 11) is 1.92. The van der Waals surface area contributed by atoms with Crippen LogP contribution >= 0.6 is 27.5 Å². The third kappa shape index (κ3) is 2.17. The van der Waals surface area contributed by atoms with E-state index in [1.807, 2.05) is 29.8 Å². The molecule has 2 aromatic heterocycles. The molecule has 0 bridgehead atoms. The van der Waals surface area contributed by atoms with Crippen LogP contribution in [0.25, 0.3) is 5.52 Å². The molecule has 0 amide bonds. The summed E-state index contributed by atoms with van der Waals surface area (Å²) in [6.07, 6.45) is 2.85. The standard InChI is InChI=1S/C10H11BrClN3/c1-13-5-4-9-14-10(12)8-3-2-7(11)6-15(8)9/h2-3,6,13H,4-5H2,1H3. The summed E-state index contributed by atoms with van der Waals surface area (Å²) in [6.45, 7) is 0.891. The molecular formula is C10H11BrClN3. The van der Waals surface area contributed by atoms with Crippen LogP contribution in [0.1, 0.15) is 5.82 Å². The molecule has 3 nitrogen and oxygen atoms in total. The van der Waals surface area contributed by atoms with E-state index in [9.17, 15) is 0 Å². The van der Waals surface area contributed by atoms with Crippen LogP contribution in [-0.4, -0.2) is 23.0 Å². The van der Waals surface area contributed by atoms with Crippen molar-refractivity contribution in [3.8, 4) is 0 Å². The second-order valence-electron chi connectivity index (χ2n) is 3.27. The van der Waals surface area contributed by atoms with E-state index in [1.165, 1.54) is 0 Å². The summed E-state index contributed by atoms with van der Waals surface area (Å²) in [4.78, 5) is 4.34. The van der Waals surface area contributed by atoms with Gasteiger partial charge in [0.2, 0.25) is 0 Å². The summed E-state index contributed by atoms with van der Waals surface area (Å²) in [5, 5.41) is 3.66. The number of likely N-dealkylation sites (N-methyl/N-ethyl adjacent to an activating group) is 1. The Labute approximate surface area is 102 Å². The van der Waals surface area contributed by atoms with Crippen molar-refractivity contribution >= 4 is 33.0 Å². The molecule has 0 spiro atoms. The highest BCUT2D eigenvalue weighted by Crippen LogP contribution is 2.21. The number of fused-ring (bicyclic) bond motifs is 1. The predicted molar refractivity (Wildman–Crippen MR) is 65.5 cm³/mol. The van der Waals surface area contributed by atoms with Gasteiger partial charge in [-0.3, -0.25) is 0 Å². The average Bonchev–Trinajstić information content (AvgIpc) is 2.52. The Hall–Kier alpha value is -0.580. The van der Waals surface area contributed by atoms with E-state index in [2.05, 4.69) is 26.2 Å². The topological polar surface area (TPSA) is 29.3 Å². The van der Waals surface area contributed by atoms with Crippen LogP contribution in [0, 0.1) is 0 Å². The second kappa shape index (κ2) is 4.51. The number of aromatic nitrogens is 2. The summed E-state index contributed by atoms with van der Waals surface area (Å²) >= 11 is 9.48. The first-order valence-electron chi connectivity index (χ1n) is 4.69. The monoisotopic (exact) mass is 287 g/mol. The fourth-order valence-electron chi connectivity index (χ4n) is 1.49. The van der Waals surface area contributed by atoms with Gasteiger partial charge in [-0.1, -0.05) is 11.6 Å². The molecule has 0 fully saturated rings. The number of pyridine rings is 1. The molecule has 0 atom stereocenters. The molecule has 2 heterocycles. The van der Waals surface area contributed by atoms with Crippen LogP contribution in [0.15, 0.2) is 22.8 Å². The minimum absolute atomic E-state index is 0.564. The molecule has 0 saturated carbocycles. The molecule has 15 heavy (non-hydrogen) atoms. The van der Waals surface area contributed by atoms with Gasteiger partial charge < -0.3 is 9.72 Å². The maximum Gasteiger partial charge on any atom is 0.155 e. The van der Waals surface area contributed by atoms with Crippen LogP contribution in [-0.2, 0) is 6.42 Å². The lowest BCUT2D eigenvalue weighted by Gasteiger charge is -2.00. The molecule has 5 heteroatoms. The Bertz CT molecular complexity index is 481. The Morgan fingerprint density at radius 3 is 3.07 bits per heavy atom. The number of nitrogens with zero attached hydrogens (tertiary/aromatic N) is 2. The van der Waals surface area contributed by atoms with Crippen molar-refractivity contribution in [3.05, 3.63) is 33.8 Å². The van der Waals surface area contributed by atoms with E-state index in [0.717, 1.165) is 28.8 Å². The number of nitrogens with one attached hydrogen (secondary N) is 1. The second-order valence-corrected chi connectivity index (χ2v) is 4.55. The van der Waals surface area contributed by atoms with Gasteiger partial charge in [0.25, 0.3) is 0 Å². The van der Waals surface area contributed by atoms with E-state index >= 15 is 0 Å². The zero-order chi connectivity index (χ0) is 10.8. The lowest BCUT2D eigenvalue weighted by Crippen LogP contribution is -2.12. The highest BCUT2D eigenvalue weighted by atomic mass is 79.9. The number of hydrogen-bond donors (Lipinski definition) is 1. The van der Waals surface area contributed by atoms with Crippen LogP contribution < -0.4 is 5.32 Å². The van der Waals surface area contributed by atoms with E-state index in [4.69, 9.17) is 11.6 Å². The molecule has 0 radical (unpaired) electrons. The van der Waals surface area contributed by atoms with Crippen LogP contribution in [0.5, 0.6) is 0 Å². The SMILES string of the molecule is CNCCc1nc(Cl)c2ccc(Br)cn12. The minimum atomic E-state index is 0.564. The Balaban J connectivity index is 2.49. The molecule has 1 N–H and O–H groups in total. The van der Waals surface area contributed by atoms with Gasteiger partial charge in [0.05, 0.1) is 5.52 Å². The van der Waals surface area contributed by atoms with Crippen molar-refractivity contribution in [2.75, 3.05) is 13.6 Å². The first kappa shape index (κ1) is 10.9. The molecular weight excluding hydrogens is 277 g/mol. The lowest BCUT2D eigenvalue weighted by atomic mass is 10.4. The van der Waals surface area contributed by atoms with Gasteiger partial charge >= 0.3 is 0 Å². The Morgan fingerprint density at radius 1 is 1.53 bits per heavy atom. The van der Waals surface area contributed by atoms with Gasteiger partial charge in [-0.25, -0.2) is 4.98 Å². The van der Waals surface area contributed by atoms with Gasteiger partial charge in [-0.15, -0.1) is 0 Å². The van der Waals surface area contributed by atoms with Gasteiger partial charge in [0.15, 0.2) is 5.15 Å². The maximum atomic E-state index is 6.04. The average molecular weight is 289 g/mol. The fourth-order valence-corrected chi connectivity index (χ4v) is 2.08. The summed E-state index contributed by atoms with van der Waals surface area (Å²) in [6, 6.07) is 3.92. The zero-order valence-corrected chi connectivity index (χ0v) is 10.6. The van der Waals surface area contributed by atoms with Gasteiger partial charge in [-0.05, 0) is 35.1 Å². The third-order valence-electron chi connectivity index (χ3n) is 2.23. The van der Waals surface area contributed by atoms with Gasteiger partial charge in [-0.2, -0.15) is 0 Å². The van der Waals surface area contributed by atoms with Crippen LogP contribution in [0.4, 0.5) is 0 Å². The number of hydrogen-bond acceptors (Lipinski definition) is 2. The highest BCUT2D eigenvalue weighted by molar-refractivity contribution is 9.10. The Morgan fingerprint density at radius 2 is 2.33 bits per heavy atom. The molecule has 0 saturated heterocycles. The zero-order valence-electron chi connectivity index (χ0n) is 8.30. The van der Waals surface area contributed by atoms with E-state index in [-0.39, 0.29) is 0 Å². The van der Waals surface area contributed by atoms with Crippen LogP contribution in [0.2, 0.25) is 5.15 Å². The number of halogens is 2. The van der Waals surface area contributed by atoms with Crippen molar-refractivity contribution in [1.82, 2.24) is 14.7 Å². The molecule has 0 aliphatic heterocycles. The molecule has 2 rings (SSSR count). The molecule has 0 unspecified atom stereocenters. The molecule has 2 aromatic rings. The third-order valence-corrected chi connectivity index (χ3v) is 2.97. The first-order valence-corrected chi connectivity index (χ1v) is 5.86. The van der Waals surface area contributed by atoms with E-state index < -0.39 is 0 Å². The smallest absolute Gasteiger partial charge is 0.155 e. The van der Waals surface area contributed by atoms with E-state index in [0.29, 0.717) is 5.15 Å². The van der Waals surface area contributed by atoms with Gasteiger partial charge in [0.1, 0.15) is 5.82 Å². The van der Waals surface area contributed by atoms with Crippen molar-refractivity contribution < 1.29 is 0 Å². The highest BCUT2D eigenvalue weighted by Gasteiger charge is 2.08. The quantitative estimate of drug-likeness (QED) is 0.940. The van der Waals surface area contributed by atoms with Crippen molar-refractivity contribution in [2.45, 2.75) is 6.42 Å². The van der Waals surface area contributed by atoms with Crippen molar-refractivity contribution in [2.24, 2.45) is 0 Å². The fraction of sp³-hybridized carbons (Fsp3) is 0.300. The van der Waals surface area contributed by atoms with Crippen molar-refractivity contribution in [3.63, 3.8) is 0 Å². The number of imidazole rings is 1. The van der Waals surface area contributed by atoms with E-state index in [1.54, 1.807) is 0 Å². The van der Waals surface area contributed by atoms with Crippen molar-refractivity contribution in [1.29, 1.82) is 0 Å². The molecule has 0 aliphatic carbocycles. The molecule has 0 aliphatic rings. The normalized spacial score (nSPS) is 11.1. The van der Waals surface area contributed by atoms with Gasteiger partial charge in [0, 0.05) is 23.6 Å². The summed E-state index contributed by atoms with van der Waals surface area (Å²) in [5.41, 5.74) is 0.950.